The number of carboxylic acid groups (broad SMARTS) is 1. The SMILES string of the molecule is CC(C)(C)OC(=O)N1CCOC(C(=O)O)C1.COCCCCC(O)C1CN(C(=O)OC(C)(C)C)CCO1.COCCCC[C@@](O)(c1cccc(Cl)c1)[C@H]1CN(C(=O)OC(C)(C)C)CCO1.COCCCC[C@@](O)(c1cccc(Cl)c1)[C@H]1CNCCO1.CON(C)C(=O)C1CN(C(=O)OC(C)(C)C)CCO1. The fourth-order valence-electron chi connectivity index (χ4n) is 11.1. The summed E-state index contributed by atoms with van der Waals surface area (Å²) in [7, 11) is 7.91. The van der Waals surface area contributed by atoms with Crippen molar-refractivity contribution in [3.8, 4) is 0 Å². The van der Waals surface area contributed by atoms with E-state index in [9.17, 15) is 44.1 Å². The fourth-order valence-corrected chi connectivity index (χ4v) is 11.5. The minimum Gasteiger partial charge on any atom is -0.479 e. The lowest BCUT2D eigenvalue weighted by Crippen LogP contribution is -2.55. The van der Waals surface area contributed by atoms with Gasteiger partial charge in [-0.3, -0.25) is 9.63 Å². The van der Waals surface area contributed by atoms with Gasteiger partial charge < -0.3 is 102 Å². The molecule has 2 aromatic rings. The molecule has 0 bridgehead atoms. The van der Waals surface area contributed by atoms with Gasteiger partial charge in [-0.05, 0) is 176 Å². The summed E-state index contributed by atoms with van der Waals surface area (Å²) in [6, 6.07) is 14.6. The lowest BCUT2D eigenvalue weighted by Gasteiger charge is -2.42. The first kappa shape index (κ1) is 93.7. The average Bonchev–Trinajstić information content (AvgIpc) is 0.797. The molecule has 7 rings (SSSR count). The van der Waals surface area contributed by atoms with Crippen molar-refractivity contribution in [1.82, 2.24) is 30.0 Å². The monoisotopic (exact) mass is 1530 g/mol. The molecule has 5 fully saturated rings. The van der Waals surface area contributed by atoms with Crippen molar-refractivity contribution in [3.63, 3.8) is 0 Å². The molecule has 5 N–H and O–H groups in total. The molecule has 2 aromatic carbocycles. The Morgan fingerprint density at radius 1 is 0.524 bits per heavy atom. The normalized spacial score (nSPS) is 20.9. The number of likely N-dealkylation sites (N-methyl/N-ethyl adjacent to an activating group) is 1. The van der Waals surface area contributed by atoms with E-state index < -0.39 is 82.3 Å². The molecular weight excluding hydrogens is 1410 g/mol. The first-order chi connectivity index (χ1) is 49.2. The van der Waals surface area contributed by atoms with Crippen molar-refractivity contribution < 1.29 is 111 Å². The van der Waals surface area contributed by atoms with Gasteiger partial charge in [-0.15, -0.1) is 0 Å². The Hall–Kier alpha value is -5.48. The van der Waals surface area contributed by atoms with E-state index in [4.69, 9.17) is 90.0 Å². The third-order valence-corrected chi connectivity index (χ3v) is 17.0. The van der Waals surface area contributed by atoms with Crippen LogP contribution in [0.2, 0.25) is 10.0 Å². The average molecular weight is 1540 g/mol. The number of ether oxygens (including phenoxy) is 12. The molecule has 8 atom stereocenters. The molecule has 0 aromatic heterocycles. The molecule has 29 nitrogen and oxygen atoms in total. The zero-order valence-electron chi connectivity index (χ0n) is 65.2. The summed E-state index contributed by atoms with van der Waals surface area (Å²) in [4.78, 5) is 81.5. The Labute approximate surface area is 632 Å². The number of carbonyl (C=O) groups excluding carboxylic acids is 5. The first-order valence-corrected chi connectivity index (χ1v) is 36.8. The van der Waals surface area contributed by atoms with Crippen LogP contribution in [0.1, 0.15) is 152 Å². The number of hydroxylamine groups is 2. The molecule has 0 radical (unpaired) electrons. The third kappa shape index (κ3) is 35.6. The number of benzene rings is 2. The maximum atomic E-state index is 12.5. The minimum atomic E-state index is -1.26. The summed E-state index contributed by atoms with van der Waals surface area (Å²) in [5.41, 5.74) is -3.00. The third-order valence-electron chi connectivity index (χ3n) is 16.5. The van der Waals surface area contributed by atoms with E-state index in [-0.39, 0.29) is 50.4 Å². The van der Waals surface area contributed by atoms with E-state index in [2.05, 4.69) is 5.32 Å². The zero-order chi connectivity index (χ0) is 78.8. The van der Waals surface area contributed by atoms with Crippen molar-refractivity contribution >= 4 is 59.5 Å². The Morgan fingerprint density at radius 2 is 0.905 bits per heavy atom. The number of unbranched alkanes of at least 4 members (excludes halogenated alkanes) is 3. The number of methoxy groups -OCH3 is 3. The summed E-state index contributed by atoms with van der Waals surface area (Å²) in [6.45, 7) is 29.6. The molecule has 5 amide bonds. The van der Waals surface area contributed by atoms with Gasteiger partial charge in [0.1, 0.15) is 51.9 Å². The molecular formula is C74H124Cl2N6O23. The highest BCUT2D eigenvalue weighted by Gasteiger charge is 2.44. The number of nitrogens with zero attached hydrogens (tertiary/aromatic N) is 5. The number of carboxylic acids is 1. The van der Waals surface area contributed by atoms with Gasteiger partial charge in [-0.1, -0.05) is 47.5 Å². The highest BCUT2D eigenvalue weighted by atomic mass is 35.5. The molecule has 0 saturated carbocycles. The number of aliphatic hydroxyl groups is 3. The molecule has 5 heterocycles. The maximum absolute atomic E-state index is 12.5. The minimum absolute atomic E-state index is 0.0320. The van der Waals surface area contributed by atoms with Crippen LogP contribution in [0.15, 0.2) is 48.5 Å². The van der Waals surface area contributed by atoms with Crippen LogP contribution in [0.5, 0.6) is 0 Å². The molecule has 5 aliphatic heterocycles. The summed E-state index contributed by atoms with van der Waals surface area (Å²) in [6.07, 6.45) is 1.82. The molecule has 4 unspecified atom stereocenters. The number of morpholine rings is 5. The number of rotatable bonds is 23. The van der Waals surface area contributed by atoms with Gasteiger partial charge in [0.15, 0.2) is 12.2 Å². The van der Waals surface area contributed by atoms with Crippen molar-refractivity contribution in [3.05, 3.63) is 69.7 Å². The first-order valence-electron chi connectivity index (χ1n) is 36.1. The van der Waals surface area contributed by atoms with Crippen LogP contribution in [0.25, 0.3) is 0 Å². The summed E-state index contributed by atoms with van der Waals surface area (Å²) >= 11 is 12.3. The van der Waals surface area contributed by atoms with Crippen LogP contribution < -0.4 is 5.32 Å². The molecule has 0 aliphatic carbocycles. The van der Waals surface area contributed by atoms with Crippen molar-refractivity contribution in [2.75, 3.05) is 154 Å². The van der Waals surface area contributed by atoms with Crippen molar-refractivity contribution in [2.45, 2.75) is 211 Å². The van der Waals surface area contributed by atoms with Gasteiger partial charge in [0.2, 0.25) is 0 Å². The Balaban J connectivity index is 0.000000345. The quantitative estimate of drug-likeness (QED) is 0.0393. The summed E-state index contributed by atoms with van der Waals surface area (Å²) < 4.78 is 64.1. The summed E-state index contributed by atoms with van der Waals surface area (Å²) in [5.74, 6) is -1.39. The number of amides is 5. The lowest BCUT2D eigenvalue weighted by molar-refractivity contribution is -0.184. The van der Waals surface area contributed by atoms with Crippen LogP contribution in [0, 0.1) is 0 Å². The number of hydrogen-bond donors (Lipinski definition) is 5. The second-order valence-electron chi connectivity index (χ2n) is 29.9. The van der Waals surface area contributed by atoms with E-state index >= 15 is 0 Å². The number of aliphatic hydroxyl groups excluding tert-OH is 1. The smallest absolute Gasteiger partial charge is 0.410 e. The Bertz CT molecular complexity index is 2890. The fraction of sp³-hybridized carbons (Fsp3) is 0.757. The maximum Gasteiger partial charge on any atom is 0.410 e. The van der Waals surface area contributed by atoms with Gasteiger partial charge in [-0.2, -0.15) is 0 Å². The number of nitrogens with one attached hydrogen (secondary N) is 1. The molecule has 31 heteroatoms. The standard InChI is InChI=1S/C21H32ClNO5.C16H24ClNO3.C15H29NO5.C12H22N2O5.C10H17NO5/c1-20(2,3)28-19(24)23-11-13-27-18(15-23)21(25,10-5-6-12-26-4)16-8-7-9-17(22)14-16;1-20-9-3-2-7-16(19,15-12-18-8-10-21-15)13-5-4-6-14(17)11-13;1-15(2,3)21-14(18)16-8-10-20-13(11-16)12(17)7-5-6-9-19-4;1-12(2,3)19-11(16)14-6-7-18-9(8-14)10(15)13(4)17-5;1-10(2,3)16-9(14)11-4-5-15-7(6-11)8(12)13/h7-9,14,18,25H,5-6,10-13,15H2,1-4H3;4-6,11,15,18-19H,2-3,7-10,12H2,1H3;12-13,17H,5-11H2,1-4H3;9H,6-8H2,1-5H3;7H,4-6H2,1-3H3,(H,12,13)/t18-,21-;15-,16-;;;/m11.../s1. The molecule has 0 spiro atoms. The van der Waals surface area contributed by atoms with E-state index in [0.717, 1.165) is 55.7 Å². The molecule has 5 aliphatic rings. The topological polar surface area (TPSA) is 332 Å². The Morgan fingerprint density at radius 3 is 1.30 bits per heavy atom. The van der Waals surface area contributed by atoms with Crippen LogP contribution >= 0.6 is 23.2 Å². The van der Waals surface area contributed by atoms with Crippen LogP contribution in [-0.2, 0) is 82.5 Å². The second kappa shape index (κ2) is 46.1. The van der Waals surface area contributed by atoms with Crippen molar-refractivity contribution in [1.29, 1.82) is 0 Å². The zero-order valence-corrected chi connectivity index (χ0v) is 66.7. The number of hydrogen-bond acceptors (Lipinski definition) is 23. The molecule has 105 heavy (non-hydrogen) atoms. The van der Waals surface area contributed by atoms with E-state index in [1.54, 1.807) is 84.8 Å². The van der Waals surface area contributed by atoms with Gasteiger partial charge in [0.25, 0.3) is 5.91 Å². The molecule has 5 saturated heterocycles. The lowest BCUT2D eigenvalue weighted by atomic mass is 9.82. The van der Waals surface area contributed by atoms with Gasteiger partial charge in [-0.25, -0.2) is 29.0 Å². The van der Waals surface area contributed by atoms with Crippen LogP contribution in [0.3, 0.4) is 0 Å². The van der Waals surface area contributed by atoms with E-state index in [0.29, 0.717) is 120 Å². The number of aliphatic carboxylic acids is 1. The molecule has 602 valence electrons. The highest BCUT2D eigenvalue weighted by molar-refractivity contribution is 6.31. The largest absolute Gasteiger partial charge is 0.479 e. The predicted octanol–water partition coefficient (Wildman–Crippen LogP) is 9.46. The number of carbonyl (C=O) groups is 6. The summed E-state index contributed by atoms with van der Waals surface area (Å²) in [5, 5.41) is 47.4. The van der Waals surface area contributed by atoms with E-state index in [1.807, 2.05) is 77.9 Å². The van der Waals surface area contributed by atoms with Crippen LogP contribution in [0.4, 0.5) is 19.2 Å². The predicted molar refractivity (Wildman–Crippen MR) is 394 cm³/mol. The van der Waals surface area contributed by atoms with Crippen molar-refractivity contribution in [2.24, 2.45) is 0 Å². The number of halogens is 2. The van der Waals surface area contributed by atoms with Crippen LogP contribution in [-0.4, -0.2) is 294 Å². The van der Waals surface area contributed by atoms with E-state index in [1.165, 1.54) is 24.0 Å². The Kier molecular flexibility index (Phi) is 41.2. The second-order valence-corrected chi connectivity index (χ2v) is 30.8. The highest BCUT2D eigenvalue weighted by Crippen LogP contribution is 2.37. The van der Waals surface area contributed by atoms with Gasteiger partial charge in [0.05, 0.1) is 72.4 Å². The van der Waals surface area contributed by atoms with Gasteiger partial charge in [0, 0.05) is 97.5 Å². The van der Waals surface area contributed by atoms with Gasteiger partial charge >= 0.3 is 30.3 Å².